The van der Waals surface area contributed by atoms with Gasteiger partial charge in [0.05, 0.1) is 12.0 Å². The van der Waals surface area contributed by atoms with Gasteiger partial charge in [-0.25, -0.2) is 4.98 Å². The van der Waals surface area contributed by atoms with E-state index in [9.17, 15) is 4.79 Å². The molecule has 0 aliphatic carbocycles. The third-order valence-corrected chi connectivity index (χ3v) is 4.64. The van der Waals surface area contributed by atoms with E-state index in [1.807, 2.05) is 78.2 Å². The second-order valence-electron chi connectivity index (χ2n) is 6.59. The number of aromatic nitrogens is 2. The van der Waals surface area contributed by atoms with Crippen molar-refractivity contribution in [1.82, 2.24) is 9.55 Å². The minimum atomic E-state index is -0.0783. The lowest BCUT2D eigenvalue weighted by atomic mass is 10.1. The zero-order valence-corrected chi connectivity index (χ0v) is 15.8. The van der Waals surface area contributed by atoms with Gasteiger partial charge in [-0.2, -0.15) is 0 Å². The Balaban J connectivity index is 2.01. The van der Waals surface area contributed by atoms with Gasteiger partial charge in [-0.05, 0) is 42.8 Å². The molecule has 2 heterocycles. The molecule has 5 nitrogen and oxygen atoms in total. The number of para-hydroxylation sites is 2. The first kappa shape index (κ1) is 17.9. The topological polar surface area (TPSA) is 56.1 Å². The summed E-state index contributed by atoms with van der Waals surface area (Å²) in [5.74, 6) is 0.668. The number of fused-ring (bicyclic) bond motifs is 1. The number of hydrogen-bond acceptors (Lipinski definition) is 4. The van der Waals surface area contributed by atoms with Crippen molar-refractivity contribution in [3.8, 4) is 5.69 Å². The Morgan fingerprint density at radius 2 is 1.68 bits per heavy atom. The molecule has 0 aliphatic rings. The number of aryl methyl sites for hydroxylation is 1. The van der Waals surface area contributed by atoms with Crippen LogP contribution in [-0.2, 0) is 11.3 Å². The largest absolute Gasteiger partial charge is 0.380 e. The first-order valence-electron chi connectivity index (χ1n) is 9.10. The molecule has 1 N–H and O–H groups in total. The van der Waals surface area contributed by atoms with Crippen LogP contribution in [0.2, 0.25) is 0 Å². The molecule has 0 spiro atoms. The molecule has 4 rings (SSSR count). The van der Waals surface area contributed by atoms with E-state index < -0.39 is 0 Å². The van der Waals surface area contributed by atoms with Gasteiger partial charge in [-0.1, -0.05) is 36.4 Å². The summed E-state index contributed by atoms with van der Waals surface area (Å²) in [6, 6.07) is 23.2. The van der Waals surface area contributed by atoms with E-state index in [1.54, 1.807) is 13.2 Å². The number of nitrogens with one attached hydrogen (secondary N) is 1. The monoisotopic (exact) mass is 371 g/mol. The Morgan fingerprint density at radius 3 is 2.36 bits per heavy atom. The quantitative estimate of drug-likeness (QED) is 0.558. The van der Waals surface area contributed by atoms with Gasteiger partial charge in [-0.15, -0.1) is 0 Å². The minimum Gasteiger partial charge on any atom is -0.380 e. The van der Waals surface area contributed by atoms with Gasteiger partial charge in [0.2, 0.25) is 0 Å². The molecule has 0 aliphatic heterocycles. The summed E-state index contributed by atoms with van der Waals surface area (Å²) in [7, 11) is 1.64. The number of nitrogens with zero attached hydrogens (tertiary/aromatic N) is 2. The van der Waals surface area contributed by atoms with Gasteiger partial charge in [0.25, 0.3) is 0 Å². The molecule has 2 aromatic carbocycles. The molecule has 28 heavy (non-hydrogen) atoms. The maximum atomic E-state index is 12.9. The first-order valence-corrected chi connectivity index (χ1v) is 9.10. The summed E-state index contributed by atoms with van der Waals surface area (Å²) in [5, 5.41) is 3.93. The maximum Gasteiger partial charge on any atom is 0.193 e. The van der Waals surface area contributed by atoms with Crippen molar-refractivity contribution in [1.29, 1.82) is 0 Å². The summed E-state index contributed by atoms with van der Waals surface area (Å²) in [5.41, 5.74) is 4.13. The highest BCUT2D eigenvalue weighted by Crippen LogP contribution is 2.25. The summed E-state index contributed by atoms with van der Waals surface area (Å²) >= 11 is 0. The van der Waals surface area contributed by atoms with E-state index in [4.69, 9.17) is 9.72 Å². The van der Waals surface area contributed by atoms with Gasteiger partial charge in [0, 0.05) is 30.2 Å². The fourth-order valence-corrected chi connectivity index (χ4v) is 3.27. The molecule has 2 aromatic heterocycles. The van der Waals surface area contributed by atoms with Crippen molar-refractivity contribution in [2.45, 2.75) is 13.5 Å². The zero-order valence-electron chi connectivity index (χ0n) is 15.8. The second kappa shape index (κ2) is 7.66. The predicted molar refractivity (Wildman–Crippen MR) is 113 cm³/mol. The Bertz CT molecular complexity index is 1170. The molecule has 0 bridgehead atoms. The van der Waals surface area contributed by atoms with Crippen molar-refractivity contribution in [2.75, 3.05) is 12.4 Å². The molecular formula is C23H21N3O2. The molecule has 0 unspecified atom stereocenters. The highest BCUT2D eigenvalue weighted by molar-refractivity contribution is 5.81. The lowest BCUT2D eigenvalue weighted by Gasteiger charge is -2.18. The predicted octanol–water partition coefficient (Wildman–Crippen LogP) is 4.58. The van der Waals surface area contributed by atoms with Crippen molar-refractivity contribution >= 4 is 22.5 Å². The molecule has 5 heteroatoms. The molecule has 0 atom stereocenters. The third kappa shape index (κ3) is 3.40. The Morgan fingerprint density at radius 1 is 1.00 bits per heavy atom. The lowest BCUT2D eigenvalue weighted by molar-refractivity contribution is 0.184. The molecule has 0 radical (unpaired) electrons. The van der Waals surface area contributed by atoms with E-state index in [1.165, 1.54) is 0 Å². The Hall–Kier alpha value is -3.44. The van der Waals surface area contributed by atoms with Crippen LogP contribution >= 0.6 is 0 Å². The number of benzene rings is 2. The summed E-state index contributed by atoms with van der Waals surface area (Å²) in [6.07, 6.45) is 0. The van der Waals surface area contributed by atoms with Gasteiger partial charge < -0.3 is 10.1 Å². The number of hydrogen-bond donors (Lipinski definition) is 1. The van der Waals surface area contributed by atoms with Crippen LogP contribution in [0.15, 0.2) is 77.6 Å². The van der Waals surface area contributed by atoms with Crippen molar-refractivity contribution in [3.05, 3.63) is 94.3 Å². The summed E-state index contributed by atoms with van der Waals surface area (Å²) in [4.78, 5) is 17.7. The number of pyridine rings is 2. The van der Waals surface area contributed by atoms with E-state index in [0.717, 1.165) is 22.6 Å². The number of methoxy groups -OCH3 is 1. The normalized spacial score (nSPS) is 10.9. The van der Waals surface area contributed by atoms with Crippen LogP contribution in [0.25, 0.3) is 16.7 Å². The molecule has 140 valence electrons. The van der Waals surface area contributed by atoms with Crippen molar-refractivity contribution in [2.24, 2.45) is 0 Å². The molecule has 0 saturated carbocycles. The number of ether oxygens (including phenoxy) is 1. The zero-order chi connectivity index (χ0) is 19.5. The maximum absolute atomic E-state index is 12.9. The van der Waals surface area contributed by atoms with E-state index in [-0.39, 0.29) is 5.43 Å². The van der Waals surface area contributed by atoms with Gasteiger partial charge >= 0.3 is 0 Å². The van der Waals surface area contributed by atoms with Crippen LogP contribution in [0.3, 0.4) is 0 Å². The van der Waals surface area contributed by atoms with Gasteiger partial charge in [0.15, 0.2) is 5.43 Å². The van der Waals surface area contributed by atoms with Crippen LogP contribution in [0.1, 0.15) is 11.3 Å². The van der Waals surface area contributed by atoms with Crippen LogP contribution in [0, 0.1) is 6.92 Å². The summed E-state index contributed by atoms with van der Waals surface area (Å²) < 4.78 is 7.23. The van der Waals surface area contributed by atoms with Crippen LogP contribution in [0.5, 0.6) is 0 Å². The minimum absolute atomic E-state index is 0.0783. The Kier molecular flexibility index (Phi) is 4.91. The number of anilines is 2. The van der Waals surface area contributed by atoms with Gasteiger partial charge in [-0.3, -0.25) is 9.36 Å². The van der Waals surface area contributed by atoms with E-state index >= 15 is 0 Å². The smallest absolute Gasteiger partial charge is 0.193 e. The average Bonchev–Trinajstić information content (AvgIpc) is 2.71. The fraction of sp³-hybridized carbons (Fsp3) is 0.130. The van der Waals surface area contributed by atoms with Crippen molar-refractivity contribution < 1.29 is 4.74 Å². The molecule has 0 amide bonds. The molecule has 0 saturated heterocycles. The highest BCUT2D eigenvalue weighted by Gasteiger charge is 2.15. The summed E-state index contributed by atoms with van der Waals surface area (Å²) in [6.45, 7) is 2.36. The average molecular weight is 371 g/mol. The lowest BCUT2D eigenvalue weighted by Crippen LogP contribution is -2.15. The first-order chi connectivity index (χ1) is 13.7. The molecule has 0 fully saturated rings. The van der Waals surface area contributed by atoms with Crippen LogP contribution in [0.4, 0.5) is 11.5 Å². The van der Waals surface area contributed by atoms with Crippen molar-refractivity contribution in [3.63, 3.8) is 0 Å². The Labute approximate surface area is 163 Å². The molecular weight excluding hydrogens is 350 g/mol. The highest BCUT2D eigenvalue weighted by atomic mass is 16.5. The van der Waals surface area contributed by atoms with Gasteiger partial charge in [0.1, 0.15) is 11.5 Å². The second-order valence-corrected chi connectivity index (χ2v) is 6.59. The SMILES string of the molecule is COCc1cc2c(=O)cc(Nc3ccccc3)n(-c3ccccc3)c2nc1C. The molecule has 4 aromatic rings. The van der Waals surface area contributed by atoms with E-state index in [2.05, 4.69) is 5.32 Å². The van der Waals surface area contributed by atoms with Crippen LogP contribution in [-0.4, -0.2) is 16.7 Å². The standard InChI is InChI=1S/C23H21N3O2/c1-16-17(15-28-2)13-20-21(27)14-22(25-18-9-5-3-6-10-18)26(23(20)24-16)19-11-7-4-8-12-19/h3-14,25H,15H2,1-2H3. The van der Waals surface area contributed by atoms with Crippen LogP contribution < -0.4 is 10.7 Å². The number of rotatable bonds is 5. The fourth-order valence-electron chi connectivity index (χ4n) is 3.27. The van der Waals surface area contributed by atoms with E-state index in [0.29, 0.717) is 23.5 Å². The third-order valence-electron chi connectivity index (χ3n) is 4.64.